The maximum Gasteiger partial charge on any atom is 0.222 e. The van der Waals surface area contributed by atoms with E-state index < -0.39 is 0 Å². The number of carbonyl (C=O) groups is 1. The van der Waals surface area contributed by atoms with E-state index in [2.05, 4.69) is 10.2 Å². The standard InChI is InChI=1S/C17H21N3O2/c1-20(16(21)9-13-7-8-22-12-13)11-15-10-18-19-17(15)14-5-3-2-4-6-14/h2-6,10,13H,7-9,11-12H2,1H3,(H,18,19). The molecule has 1 amide bonds. The maximum atomic E-state index is 12.3. The van der Waals surface area contributed by atoms with E-state index in [0.717, 1.165) is 29.8 Å². The molecule has 5 nitrogen and oxygen atoms in total. The number of aromatic amines is 1. The third-order valence-electron chi connectivity index (χ3n) is 4.10. The number of aromatic nitrogens is 2. The Bertz CT molecular complexity index is 618. The van der Waals surface area contributed by atoms with Gasteiger partial charge >= 0.3 is 0 Å². The van der Waals surface area contributed by atoms with Gasteiger partial charge in [0, 0.05) is 38.8 Å². The van der Waals surface area contributed by atoms with Crippen LogP contribution in [0.25, 0.3) is 11.3 Å². The minimum absolute atomic E-state index is 0.163. The van der Waals surface area contributed by atoms with Gasteiger partial charge in [-0.25, -0.2) is 0 Å². The molecule has 2 aromatic rings. The molecule has 22 heavy (non-hydrogen) atoms. The van der Waals surface area contributed by atoms with Gasteiger partial charge in [-0.05, 0) is 17.9 Å². The Kier molecular flexibility index (Phi) is 4.53. The minimum Gasteiger partial charge on any atom is -0.381 e. The average molecular weight is 299 g/mol. The normalized spacial score (nSPS) is 17.6. The largest absolute Gasteiger partial charge is 0.381 e. The van der Waals surface area contributed by atoms with E-state index in [-0.39, 0.29) is 5.91 Å². The molecule has 1 atom stereocenters. The zero-order valence-corrected chi connectivity index (χ0v) is 12.8. The summed E-state index contributed by atoms with van der Waals surface area (Å²) >= 11 is 0. The highest BCUT2D eigenvalue weighted by atomic mass is 16.5. The molecule has 1 N–H and O–H groups in total. The van der Waals surface area contributed by atoms with E-state index >= 15 is 0 Å². The number of nitrogens with zero attached hydrogens (tertiary/aromatic N) is 2. The summed E-state index contributed by atoms with van der Waals surface area (Å²) in [5.74, 6) is 0.531. The van der Waals surface area contributed by atoms with Crippen molar-refractivity contribution >= 4 is 5.91 Å². The summed E-state index contributed by atoms with van der Waals surface area (Å²) in [6.45, 7) is 2.05. The fraction of sp³-hybridized carbons (Fsp3) is 0.412. The maximum absolute atomic E-state index is 12.3. The van der Waals surface area contributed by atoms with Crippen molar-refractivity contribution in [2.24, 2.45) is 5.92 Å². The van der Waals surface area contributed by atoms with Gasteiger partial charge in [-0.15, -0.1) is 0 Å². The highest BCUT2D eigenvalue weighted by Crippen LogP contribution is 2.23. The van der Waals surface area contributed by atoms with E-state index in [0.29, 0.717) is 25.5 Å². The second-order valence-electron chi connectivity index (χ2n) is 5.82. The molecular formula is C17H21N3O2. The Balaban J connectivity index is 1.65. The highest BCUT2D eigenvalue weighted by molar-refractivity contribution is 5.76. The molecule has 1 aromatic heterocycles. The van der Waals surface area contributed by atoms with Crippen molar-refractivity contribution in [1.29, 1.82) is 0 Å². The van der Waals surface area contributed by atoms with Crippen molar-refractivity contribution in [2.75, 3.05) is 20.3 Å². The van der Waals surface area contributed by atoms with Gasteiger partial charge in [0.1, 0.15) is 0 Å². The summed E-state index contributed by atoms with van der Waals surface area (Å²) in [5.41, 5.74) is 3.09. The summed E-state index contributed by atoms with van der Waals surface area (Å²) in [7, 11) is 1.85. The van der Waals surface area contributed by atoms with Crippen LogP contribution in [0.2, 0.25) is 0 Å². The van der Waals surface area contributed by atoms with E-state index in [1.54, 1.807) is 11.1 Å². The Morgan fingerprint density at radius 1 is 1.41 bits per heavy atom. The topological polar surface area (TPSA) is 58.2 Å². The molecule has 0 radical (unpaired) electrons. The second-order valence-corrected chi connectivity index (χ2v) is 5.82. The number of H-pyrrole nitrogens is 1. The number of hydrogen-bond acceptors (Lipinski definition) is 3. The highest BCUT2D eigenvalue weighted by Gasteiger charge is 2.22. The first kappa shape index (κ1) is 14.8. The van der Waals surface area contributed by atoms with E-state index in [4.69, 9.17) is 4.74 Å². The first-order valence-electron chi connectivity index (χ1n) is 7.63. The SMILES string of the molecule is CN(Cc1cn[nH]c1-c1ccccc1)C(=O)CC1CCOC1. The monoisotopic (exact) mass is 299 g/mol. The fourth-order valence-electron chi connectivity index (χ4n) is 2.78. The zero-order chi connectivity index (χ0) is 15.4. The number of hydrogen-bond donors (Lipinski definition) is 1. The van der Waals surface area contributed by atoms with Crippen LogP contribution in [0.5, 0.6) is 0 Å². The van der Waals surface area contributed by atoms with Crippen LogP contribution in [0.1, 0.15) is 18.4 Å². The molecular weight excluding hydrogens is 278 g/mol. The molecule has 2 heterocycles. The van der Waals surface area contributed by atoms with E-state index in [1.807, 2.05) is 37.4 Å². The van der Waals surface area contributed by atoms with Crippen molar-refractivity contribution < 1.29 is 9.53 Å². The van der Waals surface area contributed by atoms with Gasteiger partial charge in [0.2, 0.25) is 5.91 Å². The Morgan fingerprint density at radius 2 is 2.23 bits per heavy atom. The molecule has 1 aliphatic heterocycles. The molecule has 0 bridgehead atoms. The van der Waals surface area contributed by atoms with Crippen LogP contribution >= 0.6 is 0 Å². The number of amides is 1. The summed E-state index contributed by atoms with van der Waals surface area (Å²) in [5, 5.41) is 7.16. The Morgan fingerprint density at radius 3 is 2.95 bits per heavy atom. The van der Waals surface area contributed by atoms with Gasteiger partial charge in [-0.3, -0.25) is 9.89 Å². The van der Waals surface area contributed by atoms with Crippen LogP contribution in [-0.4, -0.2) is 41.3 Å². The van der Waals surface area contributed by atoms with Gasteiger partial charge in [0.05, 0.1) is 11.9 Å². The lowest BCUT2D eigenvalue weighted by Gasteiger charge is -2.19. The van der Waals surface area contributed by atoms with Crippen LogP contribution in [0.3, 0.4) is 0 Å². The van der Waals surface area contributed by atoms with E-state index in [9.17, 15) is 4.79 Å². The first-order chi connectivity index (χ1) is 10.7. The van der Waals surface area contributed by atoms with Crippen molar-refractivity contribution in [3.63, 3.8) is 0 Å². The Hall–Kier alpha value is -2.14. The van der Waals surface area contributed by atoms with Crippen LogP contribution in [0.4, 0.5) is 0 Å². The lowest BCUT2D eigenvalue weighted by atomic mass is 10.0. The molecule has 3 rings (SSSR count). The molecule has 1 saturated heterocycles. The smallest absolute Gasteiger partial charge is 0.222 e. The summed E-state index contributed by atoms with van der Waals surface area (Å²) in [6, 6.07) is 10.0. The molecule has 5 heteroatoms. The predicted octanol–water partition coefficient (Wildman–Crippen LogP) is 2.46. The number of benzene rings is 1. The van der Waals surface area contributed by atoms with Crippen molar-refractivity contribution in [3.8, 4) is 11.3 Å². The predicted molar refractivity (Wildman–Crippen MR) is 84.0 cm³/mol. The molecule has 1 aromatic carbocycles. The third kappa shape index (κ3) is 3.36. The van der Waals surface area contributed by atoms with Gasteiger partial charge in [0.25, 0.3) is 0 Å². The van der Waals surface area contributed by atoms with Crippen molar-refractivity contribution in [1.82, 2.24) is 15.1 Å². The first-order valence-corrected chi connectivity index (χ1v) is 7.63. The number of rotatable bonds is 5. The summed E-state index contributed by atoms with van der Waals surface area (Å²) in [4.78, 5) is 14.1. The van der Waals surface area contributed by atoms with Gasteiger partial charge in [-0.1, -0.05) is 30.3 Å². The second kappa shape index (κ2) is 6.75. The van der Waals surface area contributed by atoms with Crippen LogP contribution < -0.4 is 0 Å². The van der Waals surface area contributed by atoms with Gasteiger partial charge in [0.15, 0.2) is 0 Å². The van der Waals surface area contributed by atoms with Gasteiger partial charge < -0.3 is 9.64 Å². The molecule has 0 aliphatic carbocycles. The van der Waals surface area contributed by atoms with Crippen molar-refractivity contribution in [3.05, 3.63) is 42.1 Å². The summed E-state index contributed by atoms with van der Waals surface area (Å²) in [6.07, 6.45) is 3.35. The molecule has 116 valence electrons. The van der Waals surface area contributed by atoms with Gasteiger partial charge in [-0.2, -0.15) is 5.10 Å². The van der Waals surface area contributed by atoms with Crippen LogP contribution in [0.15, 0.2) is 36.5 Å². The van der Waals surface area contributed by atoms with Crippen LogP contribution in [0, 0.1) is 5.92 Å². The lowest BCUT2D eigenvalue weighted by molar-refractivity contribution is -0.131. The molecule has 1 fully saturated rings. The average Bonchev–Trinajstić information content (AvgIpc) is 3.19. The number of ether oxygens (including phenoxy) is 1. The fourth-order valence-corrected chi connectivity index (χ4v) is 2.78. The quantitative estimate of drug-likeness (QED) is 0.922. The molecule has 1 unspecified atom stereocenters. The third-order valence-corrected chi connectivity index (χ3v) is 4.10. The van der Waals surface area contributed by atoms with Crippen molar-refractivity contribution in [2.45, 2.75) is 19.4 Å². The molecule has 0 saturated carbocycles. The van der Waals surface area contributed by atoms with E-state index in [1.165, 1.54) is 0 Å². The molecule has 0 spiro atoms. The lowest BCUT2D eigenvalue weighted by Crippen LogP contribution is -2.28. The van der Waals surface area contributed by atoms with Crippen LogP contribution in [-0.2, 0) is 16.1 Å². The summed E-state index contributed by atoms with van der Waals surface area (Å²) < 4.78 is 5.33. The number of nitrogens with one attached hydrogen (secondary N) is 1. The Labute approximate surface area is 130 Å². The molecule has 1 aliphatic rings. The number of carbonyl (C=O) groups excluding carboxylic acids is 1. The minimum atomic E-state index is 0.163. The zero-order valence-electron chi connectivity index (χ0n) is 12.8.